The van der Waals surface area contributed by atoms with E-state index in [2.05, 4.69) is 0 Å². The number of halogens is 1. The molecule has 5 aliphatic heterocycles. The summed E-state index contributed by atoms with van der Waals surface area (Å²) in [5.41, 5.74) is -8.24. The van der Waals surface area contributed by atoms with Crippen LogP contribution in [0.1, 0.15) is 52.9 Å². The molecule has 0 aromatic carbocycles. The molecule has 7 fully saturated rings. The van der Waals surface area contributed by atoms with Crippen molar-refractivity contribution in [1.29, 1.82) is 0 Å². The summed E-state index contributed by atoms with van der Waals surface area (Å²) < 4.78 is 25.0. The highest BCUT2D eigenvalue weighted by atomic mass is 35.5. The third-order valence-corrected chi connectivity index (χ3v) is 13.4. The normalized spacial score (nSPS) is 62.0. The van der Waals surface area contributed by atoms with Gasteiger partial charge in [-0.25, -0.2) is 4.79 Å². The zero-order valence-electron chi connectivity index (χ0n) is 21.9. The van der Waals surface area contributed by atoms with Crippen molar-refractivity contribution in [2.45, 2.75) is 92.5 Å². The predicted octanol–water partition coefficient (Wildman–Crippen LogP) is 0.969. The van der Waals surface area contributed by atoms with Crippen LogP contribution >= 0.6 is 11.6 Å². The van der Waals surface area contributed by atoms with Gasteiger partial charge in [-0.3, -0.25) is 14.4 Å². The van der Waals surface area contributed by atoms with Crippen molar-refractivity contribution in [3.8, 4) is 0 Å². The first-order valence-corrected chi connectivity index (χ1v) is 14.2. The Kier molecular flexibility index (Phi) is 4.23. The fourth-order valence-electron chi connectivity index (χ4n) is 10.5. The first kappa shape index (κ1) is 24.9. The maximum Gasteiger partial charge on any atom is 0.342 e. The molecule has 2 spiro atoms. The average Bonchev–Trinajstić information content (AvgIpc) is 3.19. The summed E-state index contributed by atoms with van der Waals surface area (Å²) >= 11 is 7.12. The molecule has 2 saturated carbocycles. The molecule has 0 aromatic rings. The molecule has 210 valence electrons. The fraction of sp³-hybridized carbons (Fsp3) is 0.786. The maximum atomic E-state index is 14.9. The van der Waals surface area contributed by atoms with Gasteiger partial charge in [-0.1, -0.05) is 19.9 Å². The number of aliphatic hydroxyl groups excluding tert-OH is 1. The van der Waals surface area contributed by atoms with E-state index in [1.807, 2.05) is 0 Å². The Bertz CT molecular complexity index is 1330. The van der Waals surface area contributed by atoms with E-state index in [9.17, 15) is 29.4 Å². The molecule has 8 rings (SSSR count). The number of carbonyl (C=O) groups excluding carboxylic acids is 4. The number of hydrogen-bond donors (Lipinski definition) is 2. The molecule has 13 atom stereocenters. The van der Waals surface area contributed by atoms with E-state index >= 15 is 0 Å². The number of allylic oxidation sites excluding steroid dienone is 2. The fourth-order valence-corrected chi connectivity index (χ4v) is 10.9. The van der Waals surface area contributed by atoms with Gasteiger partial charge in [0.25, 0.3) is 0 Å². The van der Waals surface area contributed by atoms with Crippen LogP contribution in [0, 0.1) is 34.5 Å². The lowest BCUT2D eigenvalue weighted by molar-refractivity contribution is -0.378. The summed E-state index contributed by atoms with van der Waals surface area (Å²) in [6.45, 7) is 4.87. The highest BCUT2D eigenvalue weighted by molar-refractivity contribution is 6.28. The summed E-state index contributed by atoms with van der Waals surface area (Å²) in [4.78, 5) is 54.3. The Labute approximate surface area is 229 Å². The number of esters is 2. The van der Waals surface area contributed by atoms with E-state index in [0.29, 0.717) is 0 Å². The van der Waals surface area contributed by atoms with E-state index < -0.39 is 91.9 Å². The van der Waals surface area contributed by atoms with Crippen molar-refractivity contribution in [3.63, 3.8) is 0 Å². The second-order valence-corrected chi connectivity index (χ2v) is 14.4. The van der Waals surface area contributed by atoms with Gasteiger partial charge in [0.2, 0.25) is 5.79 Å². The first-order chi connectivity index (χ1) is 18.2. The zero-order chi connectivity index (χ0) is 27.8. The molecule has 3 aliphatic carbocycles. The van der Waals surface area contributed by atoms with Gasteiger partial charge >= 0.3 is 11.9 Å². The van der Waals surface area contributed by atoms with Crippen molar-refractivity contribution in [3.05, 3.63) is 12.2 Å². The number of rotatable bonds is 0. The van der Waals surface area contributed by atoms with Gasteiger partial charge in [-0.15, -0.1) is 11.6 Å². The van der Waals surface area contributed by atoms with E-state index in [-0.39, 0.29) is 44.5 Å². The Hall–Kier alpha value is -1.85. The van der Waals surface area contributed by atoms with Gasteiger partial charge in [0.1, 0.15) is 6.10 Å². The van der Waals surface area contributed by atoms with Gasteiger partial charge in [0.15, 0.2) is 28.4 Å². The van der Waals surface area contributed by atoms with Gasteiger partial charge in [-0.2, -0.15) is 0 Å². The SMILES string of the molecule is C[C@@]12C[C@H]3OC(=O)[C@@H]1CO[C@@]14O[C@]5([C@@H]2C1=O)[C@@](O)(CC[C@H]1[C@H]4C[C@@H](O)[C@@]2(Cl)CC=CC(=O)[C@]12C)C(=O)O[C@@]35C. The zero-order valence-corrected chi connectivity index (χ0v) is 22.7. The first-order valence-electron chi connectivity index (χ1n) is 13.8. The Morgan fingerprint density at radius 3 is 2.59 bits per heavy atom. The minimum Gasteiger partial charge on any atom is -0.458 e. The smallest absolute Gasteiger partial charge is 0.342 e. The molecule has 11 heteroatoms. The molecule has 5 saturated heterocycles. The third-order valence-electron chi connectivity index (χ3n) is 12.6. The molecule has 10 nitrogen and oxygen atoms in total. The monoisotopic (exact) mass is 562 g/mol. The molecule has 39 heavy (non-hydrogen) atoms. The number of hydrogen-bond acceptors (Lipinski definition) is 10. The van der Waals surface area contributed by atoms with E-state index in [4.69, 9.17) is 30.5 Å². The average molecular weight is 563 g/mol. The minimum atomic E-state index is -2.28. The molecule has 5 heterocycles. The summed E-state index contributed by atoms with van der Waals surface area (Å²) in [6.07, 6.45) is 1.39. The standard InChI is InChI=1S/C28H31ClO10/c1-22-10-17-24(3)28-18(22)19(32)27(39-28,36-11-14(22)20(33)37-17)13-9-16(31)25(29)7-4-5-15(30)23(25,2)12(13)6-8-26(28,35)21(34)38-24/h4-5,12-14,16-18,31,35H,6-11H2,1-3H3/t12-,13+,14-,16+,17+,18+,22+,23-,24-,25-,26+,27-,28-/m0/s1. The van der Waals surface area contributed by atoms with Crippen LogP contribution in [-0.4, -0.2) is 80.0 Å². The molecule has 8 aliphatic rings. The van der Waals surface area contributed by atoms with Crippen molar-refractivity contribution in [2.75, 3.05) is 6.61 Å². The second kappa shape index (κ2) is 6.62. The van der Waals surface area contributed by atoms with Crippen molar-refractivity contribution < 1.29 is 48.3 Å². The molecular formula is C28H31ClO10. The van der Waals surface area contributed by atoms with E-state index in [0.717, 1.165) is 0 Å². The topological polar surface area (TPSA) is 146 Å². The van der Waals surface area contributed by atoms with Crippen LogP contribution in [0.5, 0.6) is 0 Å². The Balaban J connectivity index is 1.43. The van der Waals surface area contributed by atoms with Crippen molar-refractivity contribution in [1.82, 2.24) is 0 Å². The van der Waals surface area contributed by atoms with E-state index in [1.54, 1.807) is 26.8 Å². The highest BCUT2D eigenvalue weighted by Gasteiger charge is 2.93. The maximum absolute atomic E-state index is 14.9. The quantitative estimate of drug-likeness (QED) is 0.323. The van der Waals surface area contributed by atoms with Crippen molar-refractivity contribution >= 4 is 35.1 Å². The lowest BCUT2D eigenvalue weighted by atomic mass is 9.46. The van der Waals surface area contributed by atoms with Gasteiger partial charge in [0.05, 0.1) is 34.8 Å². The summed E-state index contributed by atoms with van der Waals surface area (Å²) in [6, 6.07) is 0. The molecule has 0 unspecified atom stereocenters. The lowest BCUT2D eigenvalue weighted by Crippen LogP contribution is -2.79. The molecule has 5 bridgehead atoms. The molecule has 0 radical (unpaired) electrons. The van der Waals surface area contributed by atoms with Crippen molar-refractivity contribution in [2.24, 2.45) is 34.5 Å². The summed E-state index contributed by atoms with van der Waals surface area (Å²) in [5.74, 6) is -7.85. The minimum absolute atomic E-state index is 0.00137. The number of Topliss-reactive ketones (excluding diaryl/α,β-unsaturated/α-hetero) is 1. The Morgan fingerprint density at radius 2 is 1.85 bits per heavy atom. The van der Waals surface area contributed by atoms with Crippen LogP contribution in [0.3, 0.4) is 0 Å². The largest absolute Gasteiger partial charge is 0.458 e. The van der Waals surface area contributed by atoms with E-state index in [1.165, 1.54) is 6.08 Å². The second-order valence-electron chi connectivity index (χ2n) is 13.7. The number of ether oxygens (including phenoxy) is 4. The van der Waals surface area contributed by atoms with Crippen LogP contribution in [0.4, 0.5) is 0 Å². The highest BCUT2D eigenvalue weighted by Crippen LogP contribution is 2.75. The molecule has 0 aromatic heterocycles. The number of carbonyl (C=O) groups is 4. The van der Waals surface area contributed by atoms with Crippen LogP contribution in [0.2, 0.25) is 0 Å². The van der Waals surface area contributed by atoms with Gasteiger partial charge in [0, 0.05) is 5.92 Å². The molecule has 2 N–H and O–H groups in total. The van der Waals surface area contributed by atoms with Gasteiger partial charge < -0.3 is 29.2 Å². The molecular weight excluding hydrogens is 532 g/mol. The van der Waals surface area contributed by atoms with Gasteiger partial charge in [-0.05, 0) is 56.4 Å². The van der Waals surface area contributed by atoms with Crippen LogP contribution in [0.25, 0.3) is 0 Å². The summed E-state index contributed by atoms with van der Waals surface area (Å²) in [7, 11) is 0. The number of fused-ring (bicyclic) bond motifs is 5. The Morgan fingerprint density at radius 1 is 1.10 bits per heavy atom. The number of ketones is 2. The van der Waals surface area contributed by atoms with Crippen LogP contribution in [-0.2, 0) is 38.1 Å². The number of alkyl halides is 1. The lowest BCUT2D eigenvalue weighted by Gasteiger charge is -2.64. The number of aliphatic hydroxyl groups is 2. The molecule has 0 amide bonds. The summed E-state index contributed by atoms with van der Waals surface area (Å²) in [5, 5.41) is 24.0. The van der Waals surface area contributed by atoms with Crippen LogP contribution in [0.15, 0.2) is 12.2 Å². The van der Waals surface area contributed by atoms with Crippen LogP contribution < -0.4 is 0 Å². The predicted molar refractivity (Wildman–Crippen MR) is 129 cm³/mol. The third kappa shape index (κ3) is 2.15.